The van der Waals surface area contributed by atoms with E-state index < -0.39 is 11.9 Å². The van der Waals surface area contributed by atoms with E-state index in [0.29, 0.717) is 6.61 Å². The number of hydrogen-bond acceptors (Lipinski definition) is 4. The summed E-state index contributed by atoms with van der Waals surface area (Å²) in [4.78, 5) is 18.2. The molecule has 0 unspecified atom stereocenters. The van der Waals surface area contributed by atoms with Crippen molar-refractivity contribution in [2.45, 2.75) is 13.8 Å². The minimum Gasteiger partial charge on any atom is -0.491 e. The van der Waals surface area contributed by atoms with Crippen molar-refractivity contribution in [2.24, 2.45) is 0 Å². The zero-order chi connectivity index (χ0) is 15.7. The van der Waals surface area contributed by atoms with E-state index >= 15 is 0 Å². The van der Waals surface area contributed by atoms with Crippen molar-refractivity contribution >= 4 is 27.9 Å². The van der Waals surface area contributed by atoms with Crippen LogP contribution in [0.15, 0.2) is 16.6 Å². The Bertz CT molecular complexity index is 441. The van der Waals surface area contributed by atoms with Gasteiger partial charge in [0.15, 0.2) is 0 Å². The molecule has 0 bridgehead atoms. The Kier molecular flexibility index (Phi) is 8.58. The highest BCUT2D eigenvalue weighted by Gasteiger charge is 2.05. The van der Waals surface area contributed by atoms with Crippen molar-refractivity contribution < 1.29 is 24.5 Å². The number of carbonyl (C=O) groups is 2. The third-order valence-corrected chi connectivity index (χ3v) is 2.74. The van der Waals surface area contributed by atoms with Crippen LogP contribution >= 0.6 is 15.9 Å². The first-order valence-electron chi connectivity index (χ1n) is 5.80. The van der Waals surface area contributed by atoms with Crippen molar-refractivity contribution in [3.8, 4) is 5.75 Å². The fourth-order valence-corrected chi connectivity index (χ4v) is 2.13. The molecule has 1 rings (SSSR count). The maximum atomic E-state index is 9.10. The van der Waals surface area contributed by atoms with Crippen molar-refractivity contribution in [3.05, 3.63) is 27.7 Å². The monoisotopic (exact) mass is 347 g/mol. The summed E-state index contributed by atoms with van der Waals surface area (Å²) >= 11 is 3.50. The Morgan fingerprint density at radius 2 is 1.80 bits per heavy atom. The number of hydrogen-bond donors (Lipinski definition) is 3. The van der Waals surface area contributed by atoms with E-state index in [9.17, 15) is 0 Å². The van der Waals surface area contributed by atoms with Crippen LogP contribution in [0, 0.1) is 13.8 Å². The first kappa shape index (κ1) is 18.4. The van der Waals surface area contributed by atoms with Crippen LogP contribution in [0.25, 0.3) is 0 Å². The van der Waals surface area contributed by atoms with Crippen LogP contribution in [0.3, 0.4) is 0 Å². The Hall–Kier alpha value is -1.60. The summed E-state index contributed by atoms with van der Waals surface area (Å²) in [5, 5.41) is 17.8. The van der Waals surface area contributed by atoms with Gasteiger partial charge in [-0.15, -0.1) is 0 Å². The minimum atomic E-state index is -1.82. The molecule has 6 nitrogen and oxygen atoms in total. The number of carboxylic acids is 2. The highest BCUT2D eigenvalue weighted by molar-refractivity contribution is 9.10. The molecule has 0 aliphatic carbocycles. The summed E-state index contributed by atoms with van der Waals surface area (Å²) in [7, 11) is 1.92. The van der Waals surface area contributed by atoms with E-state index in [4.69, 9.17) is 24.5 Å². The minimum absolute atomic E-state index is 0.693. The predicted molar refractivity (Wildman–Crippen MR) is 78.3 cm³/mol. The van der Waals surface area contributed by atoms with E-state index in [1.165, 1.54) is 11.1 Å². The molecule has 0 fully saturated rings. The second-order valence-electron chi connectivity index (χ2n) is 3.96. The van der Waals surface area contributed by atoms with Gasteiger partial charge >= 0.3 is 11.9 Å². The summed E-state index contributed by atoms with van der Waals surface area (Å²) in [5.74, 6) is -2.70. The van der Waals surface area contributed by atoms with Gasteiger partial charge in [-0.1, -0.05) is 6.07 Å². The molecule has 0 saturated heterocycles. The third kappa shape index (κ3) is 7.10. The normalized spacial score (nSPS) is 9.40. The second-order valence-corrected chi connectivity index (χ2v) is 4.81. The Balaban J connectivity index is 0.000000511. The van der Waals surface area contributed by atoms with Crippen LogP contribution in [-0.2, 0) is 9.59 Å². The van der Waals surface area contributed by atoms with E-state index in [2.05, 4.69) is 47.2 Å². The third-order valence-electron chi connectivity index (χ3n) is 2.16. The highest BCUT2D eigenvalue weighted by Crippen LogP contribution is 2.29. The molecule has 0 heterocycles. The zero-order valence-electron chi connectivity index (χ0n) is 11.6. The first-order chi connectivity index (χ1) is 9.29. The van der Waals surface area contributed by atoms with E-state index in [-0.39, 0.29) is 0 Å². The van der Waals surface area contributed by atoms with Gasteiger partial charge in [-0.25, -0.2) is 9.59 Å². The first-order valence-corrected chi connectivity index (χ1v) is 6.59. The molecule has 0 aromatic heterocycles. The second kappa shape index (κ2) is 9.33. The maximum absolute atomic E-state index is 9.10. The number of benzene rings is 1. The summed E-state index contributed by atoms with van der Waals surface area (Å²) in [6.07, 6.45) is 0. The molecule has 112 valence electrons. The molecule has 3 N–H and O–H groups in total. The van der Waals surface area contributed by atoms with Crippen LogP contribution in [0.5, 0.6) is 5.75 Å². The van der Waals surface area contributed by atoms with Crippen LogP contribution in [0.2, 0.25) is 0 Å². The molecular weight excluding hydrogens is 330 g/mol. The lowest BCUT2D eigenvalue weighted by molar-refractivity contribution is -0.159. The van der Waals surface area contributed by atoms with Gasteiger partial charge in [0, 0.05) is 6.54 Å². The van der Waals surface area contributed by atoms with Crippen LogP contribution < -0.4 is 10.1 Å². The standard InChI is InChI=1S/C11H16BrNO.C2H2O4/c1-8-6-9(2)11(10(12)7-8)14-5-4-13-3;3-1(4)2(5)6/h6-7,13H,4-5H2,1-3H3;(H,3,4)(H,5,6). The lowest BCUT2D eigenvalue weighted by atomic mass is 10.1. The number of aliphatic carboxylic acids is 2. The lowest BCUT2D eigenvalue weighted by Gasteiger charge is -2.11. The fourth-order valence-electron chi connectivity index (χ4n) is 1.34. The van der Waals surface area contributed by atoms with Gasteiger partial charge in [-0.3, -0.25) is 0 Å². The average Bonchev–Trinajstić information content (AvgIpc) is 2.33. The van der Waals surface area contributed by atoms with Crippen LogP contribution in [0.1, 0.15) is 11.1 Å². The van der Waals surface area contributed by atoms with Gasteiger partial charge in [-0.05, 0) is 54.0 Å². The number of rotatable bonds is 4. The average molecular weight is 348 g/mol. The molecule has 20 heavy (non-hydrogen) atoms. The topological polar surface area (TPSA) is 95.9 Å². The zero-order valence-corrected chi connectivity index (χ0v) is 13.2. The number of ether oxygens (including phenoxy) is 1. The molecule has 0 radical (unpaired) electrons. The number of aryl methyl sites for hydroxylation is 2. The number of likely N-dealkylation sites (N-methyl/N-ethyl adjacent to an activating group) is 1. The number of halogens is 1. The predicted octanol–water partition coefficient (Wildman–Crippen LogP) is 1.82. The molecule has 0 atom stereocenters. The molecule has 0 aliphatic heterocycles. The van der Waals surface area contributed by atoms with Crippen LogP contribution in [0.4, 0.5) is 0 Å². The number of nitrogens with one attached hydrogen (secondary N) is 1. The van der Waals surface area contributed by atoms with Gasteiger partial charge < -0.3 is 20.3 Å². The molecule has 1 aromatic rings. The van der Waals surface area contributed by atoms with Gasteiger partial charge in [0.2, 0.25) is 0 Å². The Morgan fingerprint density at radius 1 is 1.25 bits per heavy atom. The Morgan fingerprint density at radius 3 is 2.20 bits per heavy atom. The van der Waals surface area contributed by atoms with Gasteiger partial charge in [0.05, 0.1) is 4.47 Å². The van der Waals surface area contributed by atoms with Crippen molar-refractivity contribution in [1.29, 1.82) is 0 Å². The van der Waals surface area contributed by atoms with Crippen molar-refractivity contribution in [2.75, 3.05) is 20.2 Å². The molecule has 0 amide bonds. The summed E-state index contributed by atoms with van der Waals surface area (Å²) in [6, 6.07) is 4.20. The Labute approximate surface area is 125 Å². The van der Waals surface area contributed by atoms with E-state index in [1.807, 2.05) is 7.05 Å². The molecule has 0 spiro atoms. The van der Waals surface area contributed by atoms with E-state index in [1.54, 1.807) is 0 Å². The molecule has 0 aliphatic rings. The molecular formula is C13H18BrNO5. The summed E-state index contributed by atoms with van der Waals surface area (Å²) in [6.45, 7) is 5.69. The number of carboxylic acid groups (broad SMARTS) is 2. The SMILES string of the molecule is CNCCOc1c(C)cc(C)cc1Br.O=C(O)C(=O)O. The van der Waals surface area contributed by atoms with Crippen LogP contribution in [-0.4, -0.2) is 42.4 Å². The lowest BCUT2D eigenvalue weighted by Crippen LogP contribution is -2.16. The van der Waals surface area contributed by atoms with Gasteiger partial charge in [0.25, 0.3) is 0 Å². The fraction of sp³-hybridized carbons (Fsp3) is 0.385. The quantitative estimate of drug-likeness (QED) is 0.567. The van der Waals surface area contributed by atoms with E-state index in [0.717, 1.165) is 16.8 Å². The summed E-state index contributed by atoms with van der Waals surface area (Å²) < 4.78 is 6.69. The van der Waals surface area contributed by atoms with Gasteiger partial charge in [-0.2, -0.15) is 0 Å². The highest BCUT2D eigenvalue weighted by atomic mass is 79.9. The largest absolute Gasteiger partial charge is 0.491 e. The molecule has 7 heteroatoms. The molecule has 1 aromatic carbocycles. The smallest absolute Gasteiger partial charge is 0.414 e. The molecule has 0 saturated carbocycles. The van der Waals surface area contributed by atoms with Crippen molar-refractivity contribution in [3.63, 3.8) is 0 Å². The van der Waals surface area contributed by atoms with Gasteiger partial charge in [0.1, 0.15) is 12.4 Å². The van der Waals surface area contributed by atoms with Crippen molar-refractivity contribution in [1.82, 2.24) is 5.32 Å². The maximum Gasteiger partial charge on any atom is 0.414 e. The summed E-state index contributed by atoms with van der Waals surface area (Å²) in [5.41, 5.74) is 2.42.